The second-order valence-electron chi connectivity index (χ2n) is 5.06. The summed E-state index contributed by atoms with van der Waals surface area (Å²) in [6, 6.07) is 4.03. The Morgan fingerprint density at radius 2 is 1.96 bits per heavy atom. The van der Waals surface area contributed by atoms with Crippen LogP contribution in [0.4, 0.5) is 10.1 Å². The number of rotatable bonds is 4. The van der Waals surface area contributed by atoms with Crippen LogP contribution in [0, 0.1) is 12.7 Å². The summed E-state index contributed by atoms with van der Waals surface area (Å²) in [5.74, 6) is -1.55. The van der Waals surface area contributed by atoms with Crippen molar-refractivity contribution < 1.29 is 14.0 Å². The van der Waals surface area contributed by atoms with Crippen LogP contribution in [0.25, 0.3) is 10.8 Å². The van der Waals surface area contributed by atoms with Crippen LogP contribution in [0.15, 0.2) is 36.0 Å². The minimum Gasteiger partial charge on any atom is -0.366 e. The molecule has 0 fully saturated rings. The van der Waals surface area contributed by atoms with Gasteiger partial charge in [-0.05, 0) is 25.1 Å². The molecule has 0 aliphatic heterocycles. The van der Waals surface area contributed by atoms with Gasteiger partial charge in [-0.25, -0.2) is 19.3 Å². The number of hydrogen-bond donors (Lipinski definition) is 2. The number of benzene rings is 1. The molecule has 25 heavy (non-hydrogen) atoms. The van der Waals surface area contributed by atoms with Crippen molar-refractivity contribution in [3.63, 3.8) is 0 Å². The number of thiazole rings is 1. The number of aromatic nitrogens is 3. The predicted molar refractivity (Wildman–Crippen MR) is 90.7 cm³/mol. The first-order valence-electron chi connectivity index (χ1n) is 7.10. The van der Waals surface area contributed by atoms with Gasteiger partial charge in [0.25, 0.3) is 5.91 Å². The Kier molecular flexibility index (Phi) is 4.48. The van der Waals surface area contributed by atoms with Gasteiger partial charge in [0.05, 0.1) is 0 Å². The molecule has 2 aromatic heterocycles. The topological polar surface area (TPSA) is 111 Å². The van der Waals surface area contributed by atoms with Crippen molar-refractivity contribution in [2.24, 2.45) is 5.73 Å². The zero-order valence-corrected chi connectivity index (χ0v) is 13.8. The molecule has 0 aliphatic carbocycles. The van der Waals surface area contributed by atoms with Gasteiger partial charge in [0.2, 0.25) is 5.91 Å². The van der Waals surface area contributed by atoms with Crippen LogP contribution in [0.3, 0.4) is 0 Å². The Morgan fingerprint density at radius 1 is 1.24 bits per heavy atom. The molecular weight excluding hydrogens is 345 g/mol. The summed E-state index contributed by atoms with van der Waals surface area (Å²) in [4.78, 5) is 35.9. The quantitative estimate of drug-likeness (QED) is 0.745. The number of carbonyl (C=O) groups excluding carboxylic acids is 2. The predicted octanol–water partition coefficient (Wildman–Crippen LogP) is 2.40. The van der Waals surface area contributed by atoms with Crippen LogP contribution in [0.2, 0.25) is 0 Å². The molecule has 3 rings (SSSR count). The number of amides is 2. The fourth-order valence-electron chi connectivity index (χ4n) is 2.03. The van der Waals surface area contributed by atoms with Gasteiger partial charge in [0, 0.05) is 34.6 Å². The van der Waals surface area contributed by atoms with Gasteiger partial charge in [-0.3, -0.25) is 9.59 Å². The molecule has 0 spiro atoms. The molecule has 1 aromatic carbocycles. The molecule has 0 bridgehead atoms. The van der Waals surface area contributed by atoms with Crippen LogP contribution in [-0.4, -0.2) is 26.8 Å². The zero-order chi connectivity index (χ0) is 18.0. The molecule has 126 valence electrons. The Labute approximate surface area is 145 Å². The molecule has 2 heterocycles. The van der Waals surface area contributed by atoms with Crippen molar-refractivity contribution in [2.75, 3.05) is 5.32 Å². The molecule has 7 nitrogen and oxygen atoms in total. The van der Waals surface area contributed by atoms with E-state index in [1.54, 1.807) is 23.8 Å². The van der Waals surface area contributed by atoms with E-state index in [4.69, 9.17) is 5.73 Å². The highest BCUT2D eigenvalue weighted by Crippen LogP contribution is 2.23. The number of primary amides is 1. The van der Waals surface area contributed by atoms with Crippen molar-refractivity contribution in [2.45, 2.75) is 6.92 Å². The van der Waals surface area contributed by atoms with E-state index in [1.165, 1.54) is 24.3 Å². The molecule has 9 heteroatoms. The molecule has 0 atom stereocenters. The van der Waals surface area contributed by atoms with E-state index in [2.05, 4.69) is 20.3 Å². The van der Waals surface area contributed by atoms with E-state index in [-0.39, 0.29) is 22.5 Å². The van der Waals surface area contributed by atoms with Crippen molar-refractivity contribution in [1.82, 2.24) is 15.0 Å². The minimum atomic E-state index is -0.786. The summed E-state index contributed by atoms with van der Waals surface area (Å²) >= 11 is 1.21. The highest BCUT2D eigenvalue weighted by atomic mass is 32.1. The van der Waals surface area contributed by atoms with Gasteiger partial charge in [0.15, 0.2) is 10.8 Å². The van der Waals surface area contributed by atoms with E-state index < -0.39 is 17.6 Å². The monoisotopic (exact) mass is 357 g/mol. The first-order valence-corrected chi connectivity index (χ1v) is 7.98. The first-order chi connectivity index (χ1) is 12.0. The summed E-state index contributed by atoms with van der Waals surface area (Å²) < 4.78 is 13.9. The maximum Gasteiger partial charge on any atom is 0.275 e. The Bertz CT molecular complexity index is 958. The lowest BCUT2D eigenvalue weighted by molar-refractivity contribution is 0.0995. The van der Waals surface area contributed by atoms with Gasteiger partial charge < -0.3 is 11.1 Å². The van der Waals surface area contributed by atoms with Gasteiger partial charge >= 0.3 is 0 Å². The number of anilines is 1. The third-order valence-electron chi connectivity index (χ3n) is 3.37. The Hall–Kier alpha value is -3.20. The average molecular weight is 357 g/mol. The maximum atomic E-state index is 13.9. The third-order valence-corrected chi connectivity index (χ3v) is 4.21. The smallest absolute Gasteiger partial charge is 0.275 e. The van der Waals surface area contributed by atoms with Gasteiger partial charge in [-0.15, -0.1) is 11.3 Å². The largest absolute Gasteiger partial charge is 0.366 e. The second kappa shape index (κ2) is 6.73. The SMILES string of the molecule is Cc1c(F)cc(C(N)=O)cc1NC(=O)c1csc(-c2ncccn2)n1. The molecule has 0 aliphatic rings. The standard InChI is InChI=1S/C16H12FN5O2S/c1-8-10(17)5-9(13(18)23)6-11(8)21-15(24)12-7-25-16(22-12)14-19-3-2-4-20-14/h2-7H,1H3,(H2,18,23)(H,21,24). The highest BCUT2D eigenvalue weighted by Gasteiger charge is 2.16. The number of hydrogen-bond acceptors (Lipinski definition) is 6. The Morgan fingerprint density at radius 3 is 2.64 bits per heavy atom. The number of halogens is 1. The van der Waals surface area contributed by atoms with E-state index in [1.807, 2.05) is 0 Å². The molecule has 0 saturated heterocycles. The number of nitrogens with two attached hydrogens (primary N) is 1. The average Bonchev–Trinajstić information content (AvgIpc) is 3.09. The summed E-state index contributed by atoms with van der Waals surface area (Å²) in [6.07, 6.45) is 3.15. The van der Waals surface area contributed by atoms with Crippen LogP contribution < -0.4 is 11.1 Å². The van der Waals surface area contributed by atoms with E-state index in [0.29, 0.717) is 10.8 Å². The Balaban J connectivity index is 1.86. The normalized spacial score (nSPS) is 10.5. The van der Waals surface area contributed by atoms with Crippen LogP contribution in [-0.2, 0) is 0 Å². The van der Waals surface area contributed by atoms with E-state index in [0.717, 1.165) is 6.07 Å². The van der Waals surface area contributed by atoms with E-state index >= 15 is 0 Å². The van der Waals surface area contributed by atoms with Crippen LogP contribution in [0.5, 0.6) is 0 Å². The lowest BCUT2D eigenvalue weighted by Crippen LogP contribution is -2.16. The number of carbonyl (C=O) groups is 2. The zero-order valence-electron chi connectivity index (χ0n) is 13.0. The number of nitrogens with zero attached hydrogens (tertiary/aromatic N) is 3. The lowest BCUT2D eigenvalue weighted by Gasteiger charge is -2.09. The third kappa shape index (κ3) is 3.50. The minimum absolute atomic E-state index is 0.0324. The summed E-state index contributed by atoms with van der Waals surface area (Å²) in [5.41, 5.74) is 5.62. The molecule has 2 amide bonds. The van der Waals surface area contributed by atoms with Gasteiger partial charge in [0.1, 0.15) is 11.5 Å². The second-order valence-corrected chi connectivity index (χ2v) is 5.92. The molecule has 3 N–H and O–H groups in total. The lowest BCUT2D eigenvalue weighted by atomic mass is 10.1. The maximum absolute atomic E-state index is 13.9. The van der Waals surface area contributed by atoms with Crippen molar-refractivity contribution in [3.8, 4) is 10.8 Å². The van der Waals surface area contributed by atoms with Crippen molar-refractivity contribution >= 4 is 28.8 Å². The van der Waals surface area contributed by atoms with Crippen LogP contribution >= 0.6 is 11.3 Å². The fraction of sp³-hybridized carbons (Fsp3) is 0.0625. The van der Waals surface area contributed by atoms with Gasteiger partial charge in [-0.1, -0.05) is 0 Å². The molecule has 0 unspecified atom stereocenters. The van der Waals surface area contributed by atoms with Crippen LogP contribution in [0.1, 0.15) is 26.4 Å². The van der Waals surface area contributed by atoms with Crippen molar-refractivity contribution in [3.05, 3.63) is 58.6 Å². The molecule has 3 aromatic rings. The van der Waals surface area contributed by atoms with E-state index in [9.17, 15) is 14.0 Å². The van der Waals surface area contributed by atoms with Gasteiger partial charge in [-0.2, -0.15) is 0 Å². The molecule has 0 radical (unpaired) electrons. The fourth-order valence-corrected chi connectivity index (χ4v) is 2.77. The highest BCUT2D eigenvalue weighted by molar-refractivity contribution is 7.13. The first kappa shape index (κ1) is 16.7. The molecule has 0 saturated carbocycles. The molecular formula is C16H12FN5O2S. The van der Waals surface area contributed by atoms with Crippen molar-refractivity contribution in [1.29, 1.82) is 0 Å². The number of nitrogens with one attached hydrogen (secondary N) is 1. The summed E-state index contributed by atoms with van der Waals surface area (Å²) in [6.45, 7) is 1.49. The summed E-state index contributed by atoms with van der Waals surface area (Å²) in [7, 11) is 0. The summed E-state index contributed by atoms with van der Waals surface area (Å²) in [5, 5.41) is 4.58.